The number of aromatic carboxylic acids is 1. The SMILES string of the molecule is CC(=O)Nc1cccc(-n2ncc(C(=O)O)c2C)c1. The second kappa shape index (κ2) is 4.93. The maximum Gasteiger partial charge on any atom is 0.339 e. The lowest BCUT2D eigenvalue weighted by molar-refractivity contribution is -0.114. The fourth-order valence-electron chi connectivity index (χ4n) is 1.80. The van der Waals surface area contributed by atoms with Crippen molar-refractivity contribution in [3.63, 3.8) is 0 Å². The topological polar surface area (TPSA) is 84.2 Å². The molecule has 6 nitrogen and oxygen atoms in total. The van der Waals surface area contributed by atoms with Crippen molar-refractivity contribution in [3.8, 4) is 5.69 Å². The molecule has 0 aliphatic carbocycles. The summed E-state index contributed by atoms with van der Waals surface area (Å²) in [4.78, 5) is 22.0. The number of carbonyl (C=O) groups is 2. The Balaban J connectivity index is 2.42. The van der Waals surface area contributed by atoms with Crippen LogP contribution in [-0.4, -0.2) is 26.8 Å². The lowest BCUT2D eigenvalue weighted by Crippen LogP contribution is -2.07. The van der Waals surface area contributed by atoms with Crippen LogP contribution in [0.4, 0.5) is 5.69 Å². The third-order valence-corrected chi connectivity index (χ3v) is 2.65. The molecule has 0 unspecified atom stereocenters. The zero-order chi connectivity index (χ0) is 14.0. The van der Waals surface area contributed by atoms with E-state index in [0.717, 1.165) is 0 Å². The number of carboxylic acid groups (broad SMARTS) is 1. The van der Waals surface area contributed by atoms with Crippen molar-refractivity contribution in [2.75, 3.05) is 5.32 Å². The number of benzene rings is 1. The molecule has 0 aliphatic heterocycles. The first-order valence-corrected chi connectivity index (χ1v) is 5.65. The molecule has 0 spiro atoms. The van der Waals surface area contributed by atoms with Crippen molar-refractivity contribution in [1.82, 2.24) is 9.78 Å². The van der Waals surface area contributed by atoms with Gasteiger partial charge in [-0.05, 0) is 25.1 Å². The van der Waals surface area contributed by atoms with Crippen molar-refractivity contribution in [1.29, 1.82) is 0 Å². The van der Waals surface area contributed by atoms with Gasteiger partial charge in [-0.3, -0.25) is 4.79 Å². The van der Waals surface area contributed by atoms with Crippen LogP contribution in [0.2, 0.25) is 0 Å². The zero-order valence-corrected chi connectivity index (χ0v) is 10.5. The Kier molecular flexibility index (Phi) is 3.33. The Hall–Kier alpha value is -2.63. The lowest BCUT2D eigenvalue weighted by Gasteiger charge is -2.07. The predicted molar refractivity (Wildman–Crippen MR) is 69.6 cm³/mol. The number of nitrogens with zero attached hydrogens (tertiary/aromatic N) is 2. The first kappa shape index (κ1) is 12.8. The van der Waals surface area contributed by atoms with Gasteiger partial charge in [-0.2, -0.15) is 5.10 Å². The molecule has 6 heteroatoms. The Morgan fingerprint density at radius 1 is 1.37 bits per heavy atom. The van der Waals surface area contributed by atoms with Crippen LogP contribution in [0.25, 0.3) is 5.69 Å². The van der Waals surface area contributed by atoms with E-state index < -0.39 is 5.97 Å². The summed E-state index contributed by atoms with van der Waals surface area (Å²) in [6.07, 6.45) is 1.31. The molecule has 0 radical (unpaired) electrons. The molecule has 0 fully saturated rings. The summed E-state index contributed by atoms with van der Waals surface area (Å²) in [7, 11) is 0. The first-order chi connectivity index (χ1) is 8.99. The van der Waals surface area contributed by atoms with Gasteiger partial charge < -0.3 is 10.4 Å². The van der Waals surface area contributed by atoms with Gasteiger partial charge in [-0.15, -0.1) is 0 Å². The summed E-state index contributed by atoms with van der Waals surface area (Å²) < 4.78 is 1.52. The third kappa shape index (κ3) is 2.62. The van der Waals surface area contributed by atoms with Gasteiger partial charge in [0.25, 0.3) is 0 Å². The van der Waals surface area contributed by atoms with Crippen LogP contribution < -0.4 is 5.32 Å². The molecule has 0 saturated carbocycles. The number of carboxylic acids is 1. The van der Waals surface area contributed by atoms with Gasteiger partial charge in [0.2, 0.25) is 5.91 Å². The van der Waals surface area contributed by atoms with Crippen molar-refractivity contribution < 1.29 is 14.7 Å². The smallest absolute Gasteiger partial charge is 0.339 e. The maximum atomic E-state index is 11.0. The Morgan fingerprint density at radius 3 is 2.68 bits per heavy atom. The van der Waals surface area contributed by atoms with Crippen LogP contribution in [-0.2, 0) is 4.79 Å². The van der Waals surface area contributed by atoms with Crippen molar-refractivity contribution in [2.45, 2.75) is 13.8 Å². The van der Waals surface area contributed by atoms with E-state index >= 15 is 0 Å². The molecule has 0 saturated heterocycles. The van der Waals surface area contributed by atoms with E-state index in [1.54, 1.807) is 31.2 Å². The summed E-state index contributed by atoms with van der Waals surface area (Å²) in [6, 6.07) is 7.04. The van der Waals surface area contributed by atoms with E-state index in [2.05, 4.69) is 10.4 Å². The highest BCUT2D eigenvalue weighted by Gasteiger charge is 2.13. The summed E-state index contributed by atoms with van der Waals surface area (Å²) in [6.45, 7) is 3.11. The predicted octanol–water partition coefficient (Wildman–Crippen LogP) is 1.84. The van der Waals surface area contributed by atoms with Crippen molar-refractivity contribution in [3.05, 3.63) is 41.7 Å². The van der Waals surface area contributed by atoms with Crippen LogP contribution >= 0.6 is 0 Å². The maximum absolute atomic E-state index is 11.0. The third-order valence-electron chi connectivity index (χ3n) is 2.65. The largest absolute Gasteiger partial charge is 0.478 e. The lowest BCUT2D eigenvalue weighted by atomic mass is 10.2. The minimum absolute atomic E-state index is 0.157. The van der Waals surface area contributed by atoms with Crippen LogP contribution in [0.3, 0.4) is 0 Å². The number of anilines is 1. The molecule has 1 heterocycles. The highest BCUT2D eigenvalue weighted by molar-refractivity contribution is 5.89. The summed E-state index contributed by atoms with van der Waals surface area (Å²) in [5.74, 6) is -1.18. The van der Waals surface area contributed by atoms with Crippen LogP contribution in [0.5, 0.6) is 0 Å². The fraction of sp³-hybridized carbons (Fsp3) is 0.154. The zero-order valence-electron chi connectivity index (χ0n) is 10.5. The molecule has 2 N–H and O–H groups in total. The molecule has 0 atom stereocenters. The normalized spacial score (nSPS) is 10.2. The molecule has 19 heavy (non-hydrogen) atoms. The number of amides is 1. The second-order valence-electron chi connectivity index (χ2n) is 4.09. The monoisotopic (exact) mass is 259 g/mol. The molecular weight excluding hydrogens is 246 g/mol. The minimum Gasteiger partial charge on any atom is -0.478 e. The number of nitrogens with one attached hydrogen (secondary N) is 1. The number of hydrogen-bond donors (Lipinski definition) is 2. The second-order valence-corrected chi connectivity index (χ2v) is 4.09. The average Bonchev–Trinajstić information content (AvgIpc) is 2.70. The summed E-state index contributed by atoms with van der Waals surface area (Å²) in [5.41, 5.74) is 2.02. The van der Waals surface area contributed by atoms with Crippen molar-refractivity contribution in [2.24, 2.45) is 0 Å². The molecule has 2 aromatic rings. The standard InChI is InChI=1S/C13H13N3O3/c1-8-12(13(18)19)7-14-16(8)11-5-3-4-10(6-11)15-9(2)17/h3-7H,1-2H3,(H,15,17)(H,18,19). The molecule has 0 aliphatic rings. The van der Waals surface area contributed by atoms with E-state index in [0.29, 0.717) is 17.1 Å². The van der Waals surface area contributed by atoms with E-state index in [4.69, 9.17) is 5.11 Å². The van der Waals surface area contributed by atoms with E-state index in [1.165, 1.54) is 17.8 Å². The molecule has 1 aromatic carbocycles. The molecule has 1 amide bonds. The van der Waals surface area contributed by atoms with E-state index in [1.807, 2.05) is 0 Å². The number of rotatable bonds is 3. The highest BCUT2D eigenvalue weighted by Crippen LogP contribution is 2.17. The number of hydrogen-bond acceptors (Lipinski definition) is 3. The van der Waals surface area contributed by atoms with Gasteiger partial charge in [0, 0.05) is 12.6 Å². The Morgan fingerprint density at radius 2 is 2.11 bits per heavy atom. The number of aromatic nitrogens is 2. The van der Waals surface area contributed by atoms with Gasteiger partial charge in [-0.25, -0.2) is 9.48 Å². The number of carbonyl (C=O) groups excluding carboxylic acids is 1. The van der Waals surface area contributed by atoms with Crippen molar-refractivity contribution >= 4 is 17.6 Å². The molecule has 98 valence electrons. The van der Waals surface area contributed by atoms with E-state index in [9.17, 15) is 9.59 Å². The summed E-state index contributed by atoms with van der Waals surface area (Å²) in [5, 5.41) is 15.7. The first-order valence-electron chi connectivity index (χ1n) is 5.65. The molecule has 2 rings (SSSR count). The summed E-state index contributed by atoms with van der Waals surface area (Å²) >= 11 is 0. The Bertz CT molecular complexity index is 646. The van der Waals surface area contributed by atoms with Crippen LogP contribution in [0.15, 0.2) is 30.5 Å². The molecule has 0 bridgehead atoms. The van der Waals surface area contributed by atoms with Crippen LogP contribution in [0.1, 0.15) is 23.0 Å². The molecular formula is C13H13N3O3. The van der Waals surface area contributed by atoms with Gasteiger partial charge in [0.15, 0.2) is 0 Å². The average molecular weight is 259 g/mol. The quantitative estimate of drug-likeness (QED) is 0.880. The van der Waals surface area contributed by atoms with E-state index in [-0.39, 0.29) is 11.5 Å². The highest BCUT2D eigenvalue weighted by atomic mass is 16.4. The van der Waals surface area contributed by atoms with Gasteiger partial charge in [-0.1, -0.05) is 6.07 Å². The Labute approximate surface area is 109 Å². The fourth-order valence-corrected chi connectivity index (χ4v) is 1.80. The van der Waals surface area contributed by atoms with Gasteiger partial charge in [0.1, 0.15) is 5.56 Å². The van der Waals surface area contributed by atoms with Crippen LogP contribution in [0, 0.1) is 6.92 Å². The van der Waals surface area contributed by atoms with Gasteiger partial charge in [0.05, 0.1) is 17.6 Å². The molecule has 1 aromatic heterocycles. The van der Waals surface area contributed by atoms with Gasteiger partial charge >= 0.3 is 5.97 Å². The minimum atomic E-state index is -1.01.